The number of rotatable bonds is 4. The molecular weight excluding hydrogens is 308 g/mol. The molecule has 1 aromatic rings. The molecule has 1 aliphatic rings. The summed E-state index contributed by atoms with van der Waals surface area (Å²) in [5.74, 6) is -0.716. The van der Waals surface area contributed by atoms with Crippen molar-refractivity contribution in [3.05, 3.63) is 28.2 Å². The van der Waals surface area contributed by atoms with Gasteiger partial charge in [-0.25, -0.2) is 0 Å². The molecule has 1 N–H and O–H groups in total. The van der Waals surface area contributed by atoms with Crippen LogP contribution < -0.4 is 4.90 Å². The van der Waals surface area contributed by atoms with Crippen LogP contribution in [0, 0.1) is 6.92 Å². The summed E-state index contributed by atoms with van der Waals surface area (Å²) in [6.45, 7) is 6.56. The number of aryl methyl sites for hydroxylation is 1. The molecule has 0 aromatic heterocycles. The number of carboxylic acid groups (broad SMARTS) is 1. The normalized spacial score (nSPS) is 16.6. The Bertz CT molecular complexity index is 457. The lowest BCUT2D eigenvalue weighted by Crippen LogP contribution is -2.47. The van der Waals surface area contributed by atoms with Crippen LogP contribution in [0.1, 0.15) is 12.0 Å². The monoisotopic (exact) mass is 326 g/mol. The van der Waals surface area contributed by atoms with E-state index in [1.54, 1.807) is 0 Å². The minimum atomic E-state index is -0.716. The molecule has 0 radical (unpaired) electrons. The van der Waals surface area contributed by atoms with Gasteiger partial charge < -0.3 is 10.0 Å². The summed E-state index contributed by atoms with van der Waals surface area (Å²) in [6.07, 6.45) is 0.233. The molecule has 0 saturated carbocycles. The van der Waals surface area contributed by atoms with Crippen LogP contribution in [0.3, 0.4) is 0 Å². The summed E-state index contributed by atoms with van der Waals surface area (Å²) in [6, 6.07) is 6.34. The summed E-state index contributed by atoms with van der Waals surface area (Å²) in [4.78, 5) is 15.2. The molecule has 1 heterocycles. The van der Waals surface area contributed by atoms with Crippen molar-refractivity contribution in [1.29, 1.82) is 0 Å². The lowest BCUT2D eigenvalue weighted by atomic mass is 10.1. The zero-order chi connectivity index (χ0) is 13.8. The third kappa shape index (κ3) is 3.94. The fraction of sp³-hybridized carbons (Fsp3) is 0.500. The fourth-order valence-electron chi connectivity index (χ4n) is 2.44. The standard InChI is InChI=1S/C14H19BrN2O2/c1-11-10-12(15)2-3-13(11)17-8-6-16(7-9-17)5-4-14(18)19/h2-3,10H,4-9H2,1H3,(H,18,19). The van der Waals surface area contributed by atoms with E-state index in [-0.39, 0.29) is 6.42 Å². The van der Waals surface area contributed by atoms with E-state index in [1.807, 2.05) is 0 Å². The molecule has 0 bridgehead atoms. The molecule has 104 valence electrons. The Labute approximate surface area is 122 Å². The molecule has 5 heteroatoms. The second-order valence-electron chi connectivity index (χ2n) is 4.90. The second kappa shape index (κ2) is 6.39. The quantitative estimate of drug-likeness (QED) is 0.922. The number of hydrogen-bond donors (Lipinski definition) is 1. The number of nitrogens with zero attached hydrogens (tertiary/aromatic N) is 2. The van der Waals surface area contributed by atoms with Gasteiger partial charge in [-0.3, -0.25) is 9.69 Å². The molecule has 1 saturated heterocycles. The average molecular weight is 327 g/mol. The van der Waals surface area contributed by atoms with E-state index in [2.05, 4.69) is 50.9 Å². The molecule has 0 spiro atoms. The Morgan fingerprint density at radius 1 is 1.32 bits per heavy atom. The summed E-state index contributed by atoms with van der Waals surface area (Å²) < 4.78 is 1.11. The van der Waals surface area contributed by atoms with Crippen LogP contribution in [0.4, 0.5) is 5.69 Å². The largest absolute Gasteiger partial charge is 0.481 e. The highest BCUT2D eigenvalue weighted by molar-refractivity contribution is 9.10. The average Bonchev–Trinajstić information content (AvgIpc) is 2.37. The molecule has 2 rings (SSSR count). The van der Waals surface area contributed by atoms with Crippen molar-refractivity contribution in [2.45, 2.75) is 13.3 Å². The maximum absolute atomic E-state index is 10.6. The van der Waals surface area contributed by atoms with E-state index in [1.165, 1.54) is 11.3 Å². The van der Waals surface area contributed by atoms with Gasteiger partial charge in [-0.2, -0.15) is 0 Å². The highest BCUT2D eigenvalue weighted by atomic mass is 79.9. The van der Waals surface area contributed by atoms with E-state index < -0.39 is 5.97 Å². The van der Waals surface area contributed by atoms with E-state index in [9.17, 15) is 4.79 Å². The molecule has 0 unspecified atom stereocenters. The third-order valence-electron chi connectivity index (χ3n) is 3.51. The van der Waals surface area contributed by atoms with Gasteiger partial charge in [0.1, 0.15) is 0 Å². The molecule has 4 nitrogen and oxygen atoms in total. The zero-order valence-corrected chi connectivity index (χ0v) is 12.7. The second-order valence-corrected chi connectivity index (χ2v) is 5.82. The molecule has 1 fully saturated rings. The maximum Gasteiger partial charge on any atom is 0.304 e. The Morgan fingerprint density at radius 3 is 2.58 bits per heavy atom. The topological polar surface area (TPSA) is 43.8 Å². The molecule has 0 aliphatic carbocycles. The third-order valence-corrected chi connectivity index (χ3v) is 4.01. The van der Waals surface area contributed by atoms with Crippen molar-refractivity contribution < 1.29 is 9.90 Å². The number of hydrogen-bond acceptors (Lipinski definition) is 3. The minimum Gasteiger partial charge on any atom is -0.481 e. The van der Waals surface area contributed by atoms with E-state index >= 15 is 0 Å². The van der Waals surface area contributed by atoms with Gasteiger partial charge in [-0.05, 0) is 30.7 Å². The van der Waals surface area contributed by atoms with Crippen LogP contribution in [-0.2, 0) is 4.79 Å². The first-order chi connectivity index (χ1) is 9.06. The first-order valence-corrected chi connectivity index (χ1v) is 7.31. The first kappa shape index (κ1) is 14.3. The van der Waals surface area contributed by atoms with Gasteiger partial charge in [0.25, 0.3) is 0 Å². The van der Waals surface area contributed by atoms with Crippen LogP contribution >= 0.6 is 15.9 Å². The van der Waals surface area contributed by atoms with Crippen molar-refractivity contribution in [3.8, 4) is 0 Å². The maximum atomic E-state index is 10.6. The number of benzene rings is 1. The van der Waals surface area contributed by atoms with Crippen molar-refractivity contribution in [2.24, 2.45) is 0 Å². The van der Waals surface area contributed by atoms with Gasteiger partial charge in [-0.15, -0.1) is 0 Å². The summed E-state index contributed by atoms with van der Waals surface area (Å²) in [5.41, 5.74) is 2.55. The lowest BCUT2D eigenvalue weighted by molar-refractivity contribution is -0.137. The Kier molecular flexibility index (Phi) is 4.82. The van der Waals surface area contributed by atoms with Crippen LogP contribution in [0.25, 0.3) is 0 Å². The van der Waals surface area contributed by atoms with E-state index in [0.717, 1.165) is 30.7 Å². The molecule has 19 heavy (non-hydrogen) atoms. The number of halogens is 1. The van der Waals surface area contributed by atoms with Gasteiger partial charge in [0.05, 0.1) is 6.42 Å². The van der Waals surface area contributed by atoms with Crippen LogP contribution in [0.15, 0.2) is 22.7 Å². The Morgan fingerprint density at radius 2 is 2.00 bits per heavy atom. The highest BCUT2D eigenvalue weighted by Crippen LogP contribution is 2.24. The van der Waals surface area contributed by atoms with Gasteiger partial charge in [0.2, 0.25) is 0 Å². The molecule has 1 aromatic carbocycles. The van der Waals surface area contributed by atoms with Crippen molar-refractivity contribution >= 4 is 27.6 Å². The Balaban J connectivity index is 1.90. The van der Waals surface area contributed by atoms with Gasteiger partial charge in [0.15, 0.2) is 0 Å². The zero-order valence-electron chi connectivity index (χ0n) is 11.1. The first-order valence-electron chi connectivity index (χ1n) is 6.51. The highest BCUT2D eigenvalue weighted by Gasteiger charge is 2.18. The Hall–Kier alpha value is -1.07. The van der Waals surface area contributed by atoms with Crippen molar-refractivity contribution in [2.75, 3.05) is 37.6 Å². The van der Waals surface area contributed by atoms with E-state index in [0.29, 0.717) is 6.54 Å². The summed E-state index contributed by atoms with van der Waals surface area (Å²) in [7, 11) is 0. The number of carboxylic acids is 1. The lowest BCUT2D eigenvalue weighted by Gasteiger charge is -2.36. The van der Waals surface area contributed by atoms with Gasteiger partial charge in [-0.1, -0.05) is 15.9 Å². The number of anilines is 1. The molecule has 0 amide bonds. The molecule has 1 aliphatic heterocycles. The molecule has 0 atom stereocenters. The SMILES string of the molecule is Cc1cc(Br)ccc1N1CCN(CCC(=O)O)CC1. The molecular formula is C14H19BrN2O2. The van der Waals surface area contributed by atoms with Crippen LogP contribution in [0.2, 0.25) is 0 Å². The van der Waals surface area contributed by atoms with Crippen LogP contribution in [-0.4, -0.2) is 48.7 Å². The van der Waals surface area contributed by atoms with Crippen molar-refractivity contribution in [3.63, 3.8) is 0 Å². The smallest absolute Gasteiger partial charge is 0.304 e. The number of carbonyl (C=O) groups is 1. The number of aliphatic carboxylic acids is 1. The summed E-state index contributed by atoms with van der Waals surface area (Å²) in [5, 5.41) is 8.69. The number of piperazine rings is 1. The van der Waals surface area contributed by atoms with E-state index in [4.69, 9.17) is 5.11 Å². The summed E-state index contributed by atoms with van der Waals surface area (Å²) >= 11 is 3.48. The van der Waals surface area contributed by atoms with Gasteiger partial charge in [0, 0.05) is 42.9 Å². The predicted molar refractivity (Wildman–Crippen MR) is 79.8 cm³/mol. The van der Waals surface area contributed by atoms with Gasteiger partial charge >= 0.3 is 5.97 Å². The van der Waals surface area contributed by atoms with Crippen molar-refractivity contribution in [1.82, 2.24) is 4.90 Å². The fourth-order valence-corrected chi connectivity index (χ4v) is 2.92. The minimum absolute atomic E-state index is 0.233. The van der Waals surface area contributed by atoms with Crippen LogP contribution in [0.5, 0.6) is 0 Å². The predicted octanol–water partition coefficient (Wildman–Crippen LogP) is 2.35.